The molecule has 1 fully saturated rings. The third-order valence-corrected chi connectivity index (χ3v) is 4.72. The highest BCUT2D eigenvalue weighted by Gasteiger charge is 2.31. The van der Waals surface area contributed by atoms with Gasteiger partial charge in [-0.25, -0.2) is 0 Å². The lowest BCUT2D eigenvalue weighted by Gasteiger charge is -2.36. The van der Waals surface area contributed by atoms with Crippen molar-refractivity contribution in [1.29, 1.82) is 0 Å². The van der Waals surface area contributed by atoms with Crippen molar-refractivity contribution in [1.82, 2.24) is 5.32 Å². The van der Waals surface area contributed by atoms with Crippen molar-refractivity contribution in [2.45, 2.75) is 51.4 Å². The summed E-state index contributed by atoms with van der Waals surface area (Å²) in [5.41, 5.74) is 3.05. The van der Waals surface area contributed by atoms with Crippen LogP contribution < -0.4 is 10.6 Å². The van der Waals surface area contributed by atoms with Gasteiger partial charge in [-0.15, -0.1) is 0 Å². The molecular weight excluding hydrogens is 340 g/mol. The summed E-state index contributed by atoms with van der Waals surface area (Å²) in [5.74, 6) is -0.106. The third kappa shape index (κ3) is 5.66. The molecule has 3 atom stereocenters. The van der Waals surface area contributed by atoms with Crippen molar-refractivity contribution in [3.8, 4) is 0 Å². The molecule has 5 heteroatoms. The van der Waals surface area contributed by atoms with Gasteiger partial charge in [0.2, 0.25) is 11.8 Å². The summed E-state index contributed by atoms with van der Waals surface area (Å²) < 4.78 is 6.37. The van der Waals surface area contributed by atoms with Gasteiger partial charge in [0.05, 0.1) is 12.2 Å². The number of ether oxygens (including phenoxy) is 1. The van der Waals surface area contributed by atoms with Crippen LogP contribution in [0.1, 0.15) is 43.9 Å². The van der Waals surface area contributed by atoms with E-state index in [1.165, 1.54) is 12.5 Å². The maximum Gasteiger partial charge on any atom is 0.221 e. The van der Waals surface area contributed by atoms with Gasteiger partial charge >= 0.3 is 0 Å². The number of hydrogen-bond acceptors (Lipinski definition) is 3. The molecule has 2 aromatic rings. The lowest BCUT2D eigenvalue weighted by molar-refractivity contribution is -0.122. The van der Waals surface area contributed by atoms with Gasteiger partial charge in [0, 0.05) is 25.6 Å². The lowest BCUT2D eigenvalue weighted by Crippen LogP contribution is -2.42. The van der Waals surface area contributed by atoms with E-state index in [0.717, 1.165) is 30.5 Å². The number of nitrogens with one attached hydrogen (secondary N) is 2. The summed E-state index contributed by atoms with van der Waals surface area (Å²) >= 11 is 0. The quantitative estimate of drug-likeness (QED) is 0.849. The molecule has 0 bridgehead atoms. The van der Waals surface area contributed by atoms with E-state index in [9.17, 15) is 9.59 Å². The molecule has 5 nitrogen and oxygen atoms in total. The van der Waals surface area contributed by atoms with Crippen molar-refractivity contribution >= 4 is 17.5 Å². The van der Waals surface area contributed by atoms with Crippen molar-refractivity contribution in [2.75, 3.05) is 5.32 Å². The minimum atomic E-state index is -0.0923. The summed E-state index contributed by atoms with van der Waals surface area (Å²) in [6.45, 7) is 3.04. The van der Waals surface area contributed by atoms with Crippen LogP contribution in [-0.4, -0.2) is 24.0 Å². The number of carbonyl (C=O) groups excluding carboxylic acids is 2. The van der Waals surface area contributed by atoms with Crippen molar-refractivity contribution in [3.05, 3.63) is 65.7 Å². The van der Waals surface area contributed by atoms with Crippen LogP contribution >= 0.6 is 0 Å². The molecule has 2 amide bonds. The molecule has 0 aromatic heterocycles. The summed E-state index contributed by atoms with van der Waals surface area (Å²) in [7, 11) is 0. The number of amides is 2. The average Bonchev–Trinajstić information content (AvgIpc) is 2.62. The van der Waals surface area contributed by atoms with Crippen molar-refractivity contribution in [2.24, 2.45) is 0 Å². The molecule has 27 heavy (non-hydrogen) atoms. The van der Waals surface area contributed by atoms with Gasteiger partial charge in [-0.05, 0) is 42.5 Å². The fourth-order valence-electron chi connectivity index (χ4n) is 3.63. The highest BCUT2D eigenvalue weighted by atomic mass is 16.5. The zero-order valence-corrected chi connectivity index (χ0v) is 15.8. The van der Waals surface area contributed by atoms with Crippen LogP contribution in [0, 0.1) is 0 Å². The Kier molecular flexibility index (Phi) is 6.24. The second kappa shape index (κ2) is 8.82. The molecular formula is C22H26N2O3. The standard InChI is InChI=1S/C22H26N2O3/c1-15(25)23-19-10-8-18(9-11-19)22-14-20(24-16(2)26)13-21(27-22)12-17-6-4-3-5-7-17/h3-11,20-22H,12-14H2,1-2H3,(H,23,25)(H,24,26)/t20-,21+,22+/m1/s1. The smallest absolute Gasteiger partial charge is 0.221 e. The van der Waals surface area contributed by atoms with Gasteiger partial charge in [-0.1, -0.05) is 42.5 Å². The number of hydrogen-bond donors (Lipinski definition) is 2. The summed E-state index contributed by atoms with van der Waals surface area (Å²) in [5, 5.41) is 5.83. The number of anilines is 1. The summed E-state index contributed by atoms with van der Waals surface area (Å²) in [6.07, 6.45) is 2.31. The van der Waals surface area contributed by atoms with Gasteiger partial charge in [0.25, 0.3) is 0 Å². The van der Waals surface area contributed by atoms with Gasteiger partial charge in [0.15, 0.2) is 0 Å². The van der Waals surface area contributed by atoms with E-state index in [4.69, 9.17) is 4.74 Å². The molecule has 1 heterocycles. The molecule has 0 saturated carbocycles. The first-order valence-electron chi connectivity index (χ1n) is 9.33. The van der Waals surface area contributed by atoms with Gasteiger partial charge in [0.1, 0.15) is 0 Å². The molecule has 3 rings (SSSR count). The Morgan fingerprint density at radius 3 is 2.30 bits per heavy atom. The van der Waals surface area contributed by atoms with Crippen LogP contribution in [-0.2, 0) is 20.7 Å². The third-order valence-electron chi connectivity index (χ3n) is 4.72. The second-order valence-corrected chi connectivity index (χ2v) is 7.11. The SMILES string of the molecule is CC(=O)Nc1ccc([C@@H]2C[C@H](NC(C)=O)C[C@H](Cc3ccccc3)O2)cc1. The summed E-state index contributed by atoms with van der Waals surface area (Å²) in [6, 6.07) is 18.1. The van der Waals surface area contributed by atoms with E-state index in [0.29, 0.717) is 0 Å². The van der Waals surface area contributed by atoms with Crippen LogP contribution in [0.5, 0.6) is 0 Å². The Balaban J connectivity index is 1.74. The molecule has 2 N–H and O–H groups in total. The fraction of sp³-hybridized carbons (Fsp3) is 0.364. The highest BCUT2D eigenvalue weighted by Crippen LogP contribution is 2.33. The van der Waals surface area contributed by atoms with E-state index in [-0.39, 0.29) is 30.1 Å². The van der Waals surface area contributed by atoms with Crippen molar-refractivity contribution < 1.29 is 14.3 Å². The minimum absolute atomic E-state index is 0.0138. The monoisotopic (exact) mass is 366 g/mol. The first-order valence-corrected chi connectivity index (χ1v) is 9.33. The first kappa shape index (κ1) is 19.1. The van der Waals surface area contributed by atoms with Gasteiger partial charge < -0.3 is 15.4 Å². The molecule has 0 unspecified atom stereocenters. The average molecular weight is 366 g/mol. The highest BCUT2D eigenvalue weighted by molar-refractivity contribution is 5.88. The van der Waals surface area contributed by atoms with E-state index in [2.05, 4.69) is 22.8 Å². The van der Waals surface area contributed by atoms with Crippen LogP contribution in [0.4, 0.5) is 5.69 Å². The molecule has 142 valence electrons. The molecule has 2 aromatic carbocycles. The predicted octanol–water partition coefficient (Wildman–Crippen LogP) is 3.61. The molecule has 1 aliphatic heterocycles. The van der Waals surface area contributed by atoms with E-state index in [1.807, 2.05) is 42.5 Å². The van der Waals surface area contributed by atoms with E-state index >= 15 is 0 Å². The molecule has 0 radical (unpaired) electrons. The zero-order valence-electron chi connectivity index (χ0n) is 15.8. The number of benzene rings is 2. The van der Waals surface area contributed by atoms with E-state index < -0.39 is 0 Å². The minimum Gasteiger partial charge on any atom is -0.370 e. The second-order valence-electron chi connectivity index (χ2n) is 7.11. The normalized spacial score (nSPS) is 22.1. The Morgan fingerprint density at radius 1 is 0.963 bits per heavy atom. The molecule has 1 saturated heterocycles. The van der Waals surface area contributed by atoms with Gasteiger partial charge in [-0.3, -0.25) is 9.59 Å². The van der Waals surface area contributed by atoms with Crippen LogP contribution in [0.25, 0.3) is 0 Å². The van der Waals surface area contributed by atoms with Crippen molar-refractivity contribution in [3.63, 3.8) is 0 Å². The first-order chi connectivity index (χ1) is 13.0. The maximum atomic E-state index is 11.6. The topological polar surface area (TPSA) is 67.4 Å². The zero-order chi connectivity index (χ0) is 19.2. The largest absolute Gasteiger partial charge is 0.370 e. The number of rotatable bonds is 5. The Morgan fingerprint density at radius 2 is 1.67 bits per heavy atom. The fourth-order valence-corrected chi connectivity index (χ4v) is 3.63. The van der Waals surface area contributed by atoms with Crippen LogP contribution in [0.3, 0.4) is 0 Å². The van der Waals surface area contributed by atoms with E-state index in [1.54, 1.807) is 6.92 Å². The lowest BCUT2D eigenvalue weighted by atomic mass is 9.91. The molecule has 1 aliphatic rings. The predicted molar refractivity (Wildman–Crippen MR) is 105 cm³/mol. The maximum absolute atomic E-state index is 11.6. The summed E-state index contributed by atoms with van der Waals surface area (Å²) in [4.78, 5) is 22.8. The molecule has 0 aliphatic carbocycles. The molecule has 0 spiro atoms. The Bertz CT molecular complexity index is 774. The Hall–Kier alpha value is -2.66. The van der Waals surface area contributed by atoms with Crippen LogP contribution in [0.2, 0.25) is 0 Å². The Labute approximate surface area is 160 Å². The van der Waals surface area contributed by atoms with Crippen LogP contribution in [0.15, 0.2) is 54.6 Å². The number of carbonyl (C=O) groups is 2. The van der Waals surface area contributed by atoms with Gasteiger partial charge in [-0.2, -0.15) is 0 Å².